The second-order valence-corrected chi connectivity index (χ2v) is 6.63. The molecule has 0 saturated heterocycles. The van der Waals surface area contributed by atoms with Gasteiger partial charge in [0.2, 0.25) is 5.91 Å². The van der Waals surface area contributed by atoms with Crippen LogP contribution >= 0.6 is 0 Å². The molecule has 2 heterocycles. The molecule has 0 radical (unpaired) electrons. The third-order valence-electron chi connectivity index (χ3n) is 4.79. The summed E-state index contributed by atoms with van der Waals surface area (Å²) in [4.78, 5) is 31.3. The molecule has 7 nitrogen and oxygen atoms in total. The Labute approximate surface area is 170 Å². The Morgan fingerprint density at radius 1 is 1.10 bits per heavy atom. The number of nitrogens with one attached hydrogen (secondary N) is 1. The van der Waals surface area contributed by atoms with Crippen molar-refractivity contribution < 1.29 is 4.79 Å². The first-order chi connectivity index (χ1) is 14.0. The van der Waals surface area contributed by atoms with Crippen molar-refractivity contribution in [1.82, 2.24) is 14.8 Å². The van der Waals surface area contributed by atoms with Crippen LogP contribution < -0.4 is 15.8 Å². The summed E-state index contributed by atoms with van der Waals surface area (Å²) in [6.07, 6.45) is 3.33. The third kappa shape index (κ3) is 4.68. The average molecular weight is 391 g/mol. The van der Waals surface area contributed by atoms with Crippen LogP contribution in [0.5, 0.6) is 0 Å². The van der Waals surface area contributed by atoms with Gasteiger partial charge in [-0.15, -0.1) is 0 Å². The lowest BCUT2D eigenvalue weighted by Crippen LogP contribution is -2.33. The number of nitrogens with zero attached hydrogens (tertiary/aromatic N) is 4. The van der Waals surface area contributed by atoms with E-state index < -0.39 is 6.04 Å². The molecule has 0 fully saturated rings. The van der Waals surface area contributed by atoms with Gasteiger partial charge in [0.15, 0.2) is 0 Å². The van der Waals surface area contributed by atoms with Gasteiger partial charge in [-0.2, -0.15) is 5.10 Å². The van der Waals surface area contributed by atoms with Gasteiger partial charge < -0.3 is 10.2 Å². The fourth-order valence-electron chi connectivity index (χ4n) is 3.07. The molecule has 1 aromatic carbocycles. The molecule has 1 N–H and O–H groups in total. The zero-order valence-electron chi connectivity index (χ0n) is 16.9. The Morgan fingerprint density at radius 2 is 1.83 bits per heavy atom. The van der Waals surface area contributed by atoms with Crippen LogP contribution in [-0.2, 0) is 4.79 Å². The molecule has 0 bridgehead atoms. The smallest absolute Gasteiger partial charge is 0.267 e. The molecule has 150 valence electrons. The standard InChI is InChI=1S/C22H25N5O2/c1-4-26(5-2)19-10-8-18(9-11-19)24-22(29)16(3)27-21(28)13-12-20(25-27)17-7-6-14-23-15-17/h6-16H,4-5H2,1-3H3,(H,24,29). The monoisotopic (exact) mass is 391 g/mol. The summed E-state index contributed by atoms with van der Waals surface area (Å²) < 4.78 is 1.20. The summed E-state index contributed by atoms with van der Waals surface area (Å²) in [7, 11) is 0. The summed E-state index contributed by atoms with van der Waals surface area (Å²) in [5.74, 6) is -0.307. The van der Waals surface area contributed by atoms with Crippen LogP contribution in [0.25, 0.3) is 11.3 Å². The molecule has 0 saturated carbocycles. The van der Waals surface area contributed by atoms with Crippen LogP contribution in [0, 0.1) is 0 Å². The lowest BCUT2D eigenvalue weighted by Gasteiger charge is -2.21. The van der Waals surface area contributed by atoms with Gasteiger partial charge in [0.25, 0.3) is 5.56 Å². The Morgan fingerprint density at radius 3 is 2.45 bits per heavy atom. The van der Waals surface area contributed by atoms with Gasteiger partial charge in [0, 0.05) is 48.5 Å². The van der Waals surface area contributed by atoms with Crippen molar-refractivity contribution in [2.45, 2.75) is 26.8 Å². The largest absolute Gasteiger partial charge is 0.372 e. The Kier molecular flexibility index (Phi) is 6.39. The molecule has 3 rings (SSSR count). The number of rotatable bonds is 7. The fraction of sp³-hybridized carbons (Fsp3) is 0.273. The van der Waals surface area contributed by atoms with E-state index in [1.165, 1.54) is 10.7 Å². The number of carbonyl (C=O) groups is 1. The fourth-order valence-corrected chi connectivity index (χ4v) is 3.07. The minimum atomic E-state index is -0.762. The topological polar surface area (TPSA) is 80.1 Å². The van der Waals surface area contributed by atoms with Crippen LogP contribution in [0.2, 0.25) is 0 Å². The number of pyridine rings is 1. The molecular formula is C22H25N5O2. The quantitative estimate of drug-likeness (QED) is 0.668. The van der Waals surface area contributed by atoms with Gasteiger partial charge in [0.05, 0.1) is 5.69 Å². The minimum absolute atomic E-state index is 0.307. The van der Waals surface area contributed by atoms with Crippen molar-refractivity contribution in [3.05, 3.63) is 71.3 Å². The van der Waals surface area contributed by atoms with Crippen LogP contribution in [0.3, 0.4) is 0 Å². The van der Waals surface area contributed by atoms with Gasteiger partial charge in [-0.25, -0.2) is 4.68 Å². The van der Waals surface area contributed by atoms with E-state index >= 15 is 0 Å². The average Bonchev–Trinajstić information content (AvgIpc) is 2.76. The number of benzene rings is 1. The molecule has 2 aromatic heterocycles. The Bertz CT molecular complexity index is 1010. The van der Waals surface area contributed by atoms with Crippen LogP contribution in [0.4, 0.5) is 11.4 Å². The van der Waals surface area contributed by atoms with E-state index in [1.54, 1.807) is 31.5 Å². The van der Waals surface area contributed by atoms with E-state index in [1.807, 2.05) is 30.3 Å². The van der Waals surface area contributed by atoms with Gasteiger partial charge in [-0.3, -0.25) is 14.6 Å². The highest BCUT2D eigenvalue weighted by Gasteiger charge is 2.18. The van der Waals surface area contributed by atoms with E-state index in [-0.39, 0.29) is 11.5 Å². The highest BCUT2D eigenvalue weighted by molar-refractivity contribution is 5.93. The molecular weight excluding hydrogens is 366 g/mol. The van der Waals surface area contributed by atoms with E-state index in [0.717, 1.165) is 24.3 Å². The second kappa shape index (κ2) is 9.14. The molecule has 1 atom stereocenters. The number of carbonyl (C=O) groups excluding carboxylic acids is 1. The van der Waals surface area contributed by atoms with Crippen LogP contribution in [0.15, 0.2) is 65.7 Å². The molecule has 0 aliphatic carbocycles. The normalized spacial score (nSPS) is 11.7. The summed E-state index contributed by atoms with van der Waals surface area (Å²) in [6, 6.07) is 13.6. The van der Waals surface area contributed by atoms with Crippen molar-refractivity contribution in [3.63, 3.8) is 0 Å². The second-order valence-electron chi connectivity index (χ2n) is 6.63. The van der Waals surface area contributed by atoms with E-state index in [2.05, 4.69) is 34.1 Å². The van der Waals surface area contributed by atoms with Crippen molar-refractivity contribution in [3.8, 4) is 11.3 Å². The van der Waals surface area contributed by atoms with Gasteiger partial charge in [0.1, 0.15) is 6.04 Å². The summed E-state index contributed by atoms with van der Waals surface area (Å²) >= 11 is 0. The van der Waals surface area contributed by atoms with E-state index in [0.29, 0.717) is 11.4 Å². The van der Waals surface area contributed by atoms with Gasteiger partial charge in [-0.1, -0.05) is 0 Å². The molecule has 29 heavy (non-hydrogen) atoms. The molecule has 0 aliphatic rings. The minimum Gasteiger partial charge on any atom is -0.372 e. The predicted octanol–water partition coefficient (Wildman–Crippen LogP) is 3.35. The number of aromatic nitrogens is 3. The SMILES string of the molecule is CCN(CC)c1ccc(NC(=O)C(C)n2nc(-c3cccnc3)ccc2=O)cc1. The van der Waals surface area contributed by atoms with Crippen molar-refractivity contribution >= 4 is 17.3 Å². The van der Waals surface area contributed by atoms with Crippen LogP contribution in [-0.4, -0.2) is 33.8 Å². The predicted molar refractivity (Wildman–Crippen MR) is 115 cm³/mol. The lowest BCUT2D eigenvalue weighted by atomic mass is 10.2. The first kappa shape index (κ1) is 20.3. The zero-order chi connectivity index (χ0) is 20.8. The number of amides is 1. The van der Waals surface area contributed by atoms with Crippen molar-refractivity contribution in [2.24, 2.45) is 0 Å². The first-order valence-electron chi connectivity index (χ1n) is 9.69. The molecule has 7 heteroatoms. The number of hydrogen-bond donors (Lipinski definition) is 1. The molecule has 1 amide bonds. The zero-order valence-corrected chi connectivity index (χ0v) is 16.9. The lowest BCUT2D eigenvalue weighted by molar-refractivity contribution is -0.119. The van der Waals surface area contributed by atoms with Crippen molar-refractivity contribution in [2.75, 3.05) is 23.3 Å². The maximum absolute atomic E-state index is 12.7. The maximum atomic E-state index is 12.7. The highest BCUT2D eigenvalue weighted by Crippen LogP contribution is 2.19. The number of anilines is 2. The van der Waals surface area contributed by atoms with Gasteiger partial charge >= 0.3 is 0 Å². The van der Waals surface area contributed by atoms with Crippen molar-refractivity contribution in [1.29, 1.82) is 0 Å². The van der Waals surface area contributed by atoms with E-state index in [9.17, 15) is 9.59 Å². The molecule has 3 aromatic rings. The van der Waals surface area contributed by atoms with Gasteiger partial charge in [-0.05, 0) is 63.2 Å². The summed E-state index contributed by atoms with van der Waals surface area (Å²) in [6.45, 7) is 7.69. The van der Waals surface area contributed by atoms with Crippen LogP contribution in [0.1, 0.15) is 26.8 Å². The first-order valence-corrected chi connectivity index (χ1v) is 9.69. The summed E-state index contributed by atoms with van der Waals surface area (Å²) in [5, 5.41) is 7.22. The molecule has 0 spiro atoms. The highest BCUT2D eigenvalue weighted by atomic mass is 16.2. The summed E-state index contributed by atoms with van der Waals surface area (Å²) in [5.41, 5.74) is 2.80. The Hall–Kier alpha value is -3.48. The van der Waals surface area contributed by atoms with E-state index in [4.69, 9.17) is 0 Å². The maximum Gasteiger partial charge on any atom is 0.267 e. The Balaban J connectivity index is 1.77. The third-order valence-corrected chi connectivity index (χ3v) is 4.79. The molecule has 1 unspecified atom stereocenters. The number of hydrogen-bond acceptors (Lipinski definition) is 5. The molecule has 0 aliphatic heterocycles.